The molecule has 3 heteroatoms. The first-order valence-corrected chi connectivity index (χ1v) is 11.1. The van der Waals surface area contributed by atoms with Crippen molar-refractivity contribution in [2.75, 3.05) is 6.54 Å². The van der Waals surface area contributed by atoms with E-state index in [0.29, 0.717) is 6.42 Å². The zero-order chi connectivity index (χ0) is 15.5. The lowest BCUT2D eigenvalue weighted by atomic mass is 9.96. The van der Waals surface area contributed by atoms with Crippen LogP contribution in [0.5, 0.6) is 0 Å². The summed E-state index contributed by atoms with van der Waals surface area (Å²) in [5.74, 6) is 0.214. The average molecular weight is 299 g/mol. The molecule has 0 spiro atoms. The van der Waals surface area contributed by atoms with Gasteiger partial charge in [-0.15, -0.1) is 0 Å². The molecule has 0 radical (unpaired) electrons. The number of ketones is 1. The molecule has 0 bridgehead atoms. The number of aryl methyl sites for hydroxylation is 1. The van der Waals surface area contributed by atoms with Crippen LogP contribution in [-0.4, -0.2) is 25.3 Å². The first-order chi connectivity index (χ1) is 9.85. The van der Waals surface area contributed by atoms with Crippen molar-refractivity contribution >= 4 is 13.9 Å². The molecule has 0 fully saturated rings. The summed E-state index contributed by atoms with van der Waals surface area (Å²) in [5.41, 5.74) is 4.84. The van der Waals surface area contributed by atoms with E-state index in [2.05, 4.69) is 67.5 Å². The third kappa shape index (κ3) is 4.71. The topological polar surface area (TPSA) is 20.3 Å². The van der Waals surface area contributed by atoms with Gasteiger partial charge in [-0.3, -0.25) is 4.79 Å². The van der Waals surface area contributed by atoms with Crippen LogP contribution in [0.15, 0.2) is 48.3 Å². The van der Waals surface area contributed by atoms with E-state index in [1.54, 1.807) is 6.08 Å². The Morgan fingerprint density at radius 2 is 1.90 bits per heavy atom. The molecular weight excluding hydrogens is 274 g/mol. The Balaban J connectivity index is 2.16. The maximum atomic E-state index is 11.8. The number of hydrogen-bond donors (Lipinski definition) is 0. The Hall–Kier alpha value is -1.61. The molecule has 1 heterocycles. The minimum Gasteiger partial charge on any atom is -0.366 e. The molecule has 1 unspecified atom stereocenters. The van der Waals surface area contributed by atoms with Gasteiger partial charge >= 0.3 is 0 Å². The van der Waals surface area contributed by atoms with E-state index >= 15 is 0 Å². The van der Waals surface area contributed by atoms with Crippen molar-refractivity contribution in [2.24, 2.45) is 0 Å². The first-order valence-electron chi connectivity index (χ1n) is 7.56. The van der Waals surface area contributed by atoms with Gasteiger partial charge in [-0.05, 0) is 18.6 Å². The molecule has 1 atom stereocenters. The van der Waals surface area contributed by atoms with Crippen molar-refractivity contribution in [1.29, 1.82) is 0 Å². The Bertz CT molecular complexity index is 552. The van der Waals surface area contributed by atoms with Crippen LogP contribution in [0.1, 0.15) is 23.6 Å². The summed E-state index contributed by atoms with van der Waals surface area (Å²) in [5, 5.41) is 0. The fraction of sp³-hybridized carbons (Fsp3) is 0.389. The fourth-order valence-corrected chi connectivity index (χ4v) is 3.29. The van der Waals surface area contributed by atoms with Crippen LogP contribution in [0, 0.1) is 6.92 Å². The van der Waals surface area contributed by atoms with Crippen LogP contribution in [0.4, 0.5) is 0 Å². The molecule has 1 aliphatic heterocycles. The third-order valence-electron chi connectivity index (χ3n) is 3.64. The van der Waals surface area contributed by atoms with Crippen molar-refractivity contribution in [3.05, 3.63) is 59.4 Å². The van der Waals surface area contributed by atoms with Crippen LogP contribution < -0.4 is 0 Å². The zero-order valence-corrected chi connectivity index (χ0v) is 14.5. The van der Waals surface area contributed by atoms with E-state index in [1.165, 1.54) is 11.1 Å². The average Bonchev–Trinajstić information content (AvgIpc) is 2.40. The van der Waals surface area contributed by atoms with Crippen LogP contribution in [0.3, 0.4) is 0 Å². The first kappa shape index (κ1) is 15.8. The number of nitrogens with zero attached hydrogens (tertiary/aromatic N) is 1. The van der Waals surface area contributed by atoms with Gasteiger partial charge in [0.05, 0.1) is 14.1 Å². The molecule has 2 rings (SSSR count). The highest BCUT2D eigenvalue weighted by Crippen LogP contribution is 2.28. The second-order valence-corrected chi connectivity index (χ2v) is 11.9. The van der Waals surface area contributed by atoms with Gasteiger partial charge < -0.3 is 4.90 Å². The summed E-state index contributed by atoms with van der Waals surface area (Å²) >= 11 is 0. The van der Waals surface area contributed by atoms with Gasteiger partial charge in [0.15, 0.2) is 5.78 Å². The van der Waals surface area contributed by atoms with Crippen molar-refractivity contribution in [3.8, 4) is 0 Å². The van der Waals surface area contributed by atoms with E-state index in [1.807, 2.05) is 6.20 Å². The van der Waals surface area contributed by atoms with Gasteiger partial charge in [0.1, 0.15) is 0 Å². The molecule has 1 aromatic carbocycles. The highest BCUT2D eigenvalue weighted by atomic mass is 28.3. The molecule has 0 aromatic heterocycles. The molecule has 1 aromatic rings. The number of benzene rings is 1. The summed E-state index contributed by atoms with van der Waals surface area (Å²) in [6, 6.07) is 8.68. The Labute approximate surface area is 129 Å². The number of carbonyl (C=O) groups is 1. The van der Waals surface area contributed by atoms with Gasteiger partial charge in [-0.2, -0.15) is 0 Å². The molecule has 1 aliphatic rings. The van der Waals surface area contributed by atoms with Gasteiger partial charge in [-0.1, -0.05) is 61.2 Å². The summed E-state index contributed by atoms with van der Waals surface area (Å²) in [6.07, 6.45) is 6.48. The van der Waals surface area contributed by atoms with Gasteiger partial charge in [0.2, 0.25) is 0 Å². The summed E-state index contributed by atoms with van der Waals surface area (Å²) in [6.45, 7) is 9.94. The SMILES string of the molecule is Cc1ccc(C2CC(=O)C=CN2C/C=C/[Si](C)(C)C)cc1. The molecular formula is C18H25NOSi. The van der Waals surface area contributed by atoms with E-state index in [-0.39, 0.29) is 11.8 Å². The Morgan fingerprint density at radius 3 is 2.52 bits per heavy atom. The minimum absolute atomic E-state index is 0.161. The summed E-state index contributed by atoms with van der Waals surface area (Å²) in [7, 11) is -1.16. The lowest BCUT2D eigenvalue weighted by Gasteiger charge is -2.32. The van der Waals surface area contributed by atoms with Crippen LogP contribution in [0.25, 0.3) is 0 Å². The van der Waals surface area contributed by atoms with Crippen molar-refractivity contribution in [1.82, 2.24) is 4.90 Å². The highest BCUT2D eigenvalue weighted by molar-refractivity contribution is 6.80. The summed E-state index contributed by atoms with van der Waals surface area (Å²) < 4.78 is 0. The predicted molar refractivity (Wildman–Crippen MR) is 91.9 cm³/mol. The lowest BCUT2D eigenvalue weighted by Crippen LogP contribution is -2.29. The van der Waals surface area contributed by atoms with Gasteiger partial charge in [0, 0.05) is 19.2 Å². The van der Waals surface area contributed by atoms with Crippen LogP contribution in [-0.2, 0) is 4.79 Å². The predicted octanol–water partition coefficient (Wildman–Crippen LogP) is 4.26. The fourth-order valence-electron chi connectivity index (χ4n) is 2.47. The molecule has 0 saturated heterocycles. The molecule has 2 nitrogen and oxygen atoms in total. The monoisotopic (exact) mass is 299 g/mol. The molecule has 0 saturated carbocycles. The maximum absolute atomic E-state index is 11.8. The van der Waals surface area contributed by atoms with Crippen molar-refractivity contribution < 1.29 is 4.79 Å². The number of allylic oxidation sites excluding steroid dienone is 1. The number of carbonyl (C=O) groups excluding carboxylic acids is 1. The molecule has 0 aliphatic carbocycles. The number of hydrogen-bond acceptors (Lipinski definition) is 2. The molecule has 112 valence electrons. The largest absolute Gasteiger partial charge is 0.366 e. The van der Waals surface area contributed by atoms with E-state index in [0.717, 1.165) is 6.54 Å². The smallest absolute Gasteiger partial charge is 0.159 e. The quantitative estimate of drug-likeness (QED) is 0.774. The van der Waals surface area contributed by atoms with Crippen LogP contribution >= 0.6 is 0 Å². The molecule has 21 heavy (non-hydrogen) atoms. The maximum Gasteiger partial charge on any atom is 0.159 e. The van der Waals surface area contributed by atoms with E-state index < -0.39 is 8.07 Å². The Kier molecular flexibility index (Phi) is 4.83. The normalized spacial score (nSPS) is 19.5. The van der Waals surface area contributed by atoms with Crippen molar-refractivity contribution in [3.63, 3.8) is 0 Å². The third-order valence-corrected chi connectivity index (χ3v) is 4.88. The van der Waals surface area contributed by atoms with Crippen molar-refractivity contribution in [2.45, 2.75) is 39.0 Å². The number of rotatable bonds is 4. The highest BCUT2D eigenvalue weighted by Gasteiger charge is 2.23. The van der Waals surface area contributed by atoms with Gasteiger partial charge in [0.25, 0.3) is 0 Å². The second-order valence-electron chi connectivity index (χ2n) is 6.88. The standard InChI is InChI=1S/C18H25NOSi/c1-15-6-8-16(9-7-15)18-14-17(20)10-12-19(18)11-5-13-21(2,3)4/h5-10,12-13,18H,11,14H2,1-4H3/b13-5+. The lowest BCUT2D eigenvalue weighted by molar-refractivity contribution is -0.116. The minimum atomic E-state index is -1.16. The van der Waals surface area contributed by atoms with Crippen LogP contribution in [0.2, 0.25) is 19.6 Å². The van der Waals surface area contributed by atoms with Gasteiger partial charge in [-0.25, -0.2) is 0 Å². The van der Waals surface area contributed by atoms with E-state index in [4.69, 9.17) is 0 Å². The molecule has 0 N–H and O–H groups in total. The molecule has 0 amide bonds. The Morgan fingerprint density at radius 1 is 1.24 bits per heavy atom. The van der Waals surface area contributed by atoms with E-state index in [9.17, 15) is 4.79 Å². The summed E-state index contributed by atoms with van der Waals surface area (Å²) in [4.78, 5) is 14.0. The second kappa shape index (κ2) is 6.44. The zero-order valence-electron chi connectivity index (χ0n) is 13.5.